The minimum Gasteiger partial charge on any atom is -0.287 e. The third kappa shape index (κ3) is 2.50. The van der Waals surface area contributed by atoms with Gasteiger partial charge in [0.1, 0.15) is 0 Å². The van der Waals surface area contributed by atoms with Crippen LogP contribution in [0.25, 0.3) is 0 Å². The lowest BCUT2D eigenvalue weighted by Gasteiger charge is -2.06. The maximum absolute atomic E-state index is 4.46. The van der Waals surface area contributed by atoms with Crippen LogP contribution in [0.1, 0.15) is 32.4 Å². The molecule has 0 heterocycles. The molecular weight excluding hydrogens is 146 g/mol. The molecule has 1 aromatic carbocycles. The molecule has 1 aromatic rings. The quantitative estimate of drug-likeness (QED) is 0.590. The van der Waals surface area contributed by atoms with Crippen molar-refractivity contribution in [2.75, 3.05) is 0 Å². The molecule has 64 valence electrons. The van der Waals surface area contributed by atoms with Crippen molar-refractivity contribution < 1.29 is 0 Å². The predicted molar refractivity (Wildman–Crippen MR) is 53.6 cm³/mol. The van der Waals surface area contributed by atoms with E-state index in [-0.39, 0.29) is 6.04 Å². The van der Waals surface area contributed by atoms with Gasteiger partial charge >= 0.3 is 0 Å². The summed E-state index contributed by atoms with van der Waals surface area (Å²) < 4.78 is 0. The molecule has 0 amide bonds. The molecule has 0 aliphatic heterocycles. The summed E-state index contributed by atoms with van der Waals surface area (Å²) >= 11 is 0. The van der Waals surface area contributed by atoms with Crippen LogP contribution in [0.15, 0.2) is 35.3 Å². The highest BCUT2D eigenvalue weighted by molar-refractivity contribution is 5.79. The Kier molecular flexibility index (Phi) is 3.03. The van der Waals surface area contributed by atoms with E-state index in [0.29, 0.717) is 0 Å². The summed E-state index contributed by atoms with van der Waals surface area (Å²) in [5.41, 5.74) is 2.41. The molecule has 1 atom stereocenters. The average molecular weight is 161 g/mol. The van der Waals surface area contributed by atoms with E-state index in [9.17, 15) is 0 Å². The smallest absolute Gasteiger partial charge is 0.0719 e. The second-order valence-electron chi connectivity index (χ2n) is 3.16. The molecule has 0 fully saturated rings. The van der Waals surface area contributed by atoms with Crippen molar-refractivity contribution in [3.8, 4) is 0 Å². The van der Waals surface area contributed by atoms with E-state index >= 15 is 0 Å². The first kappa shape index (κ1) is 8.98. The molecule has 0 spiro atoms. The van der Waals surface area contributed by atoms with Crippen LogP contribution in [-0.2, 0) is 0 Å². The van der Waals surface area contributed by atoms with Crippen molar-refractivity contribution in [3.05, 3.63) is 35.9 Å². The zero-order chi connectivity index (χ0) is 8.97. The van der Waals surface area contributed by atoms with Crippen molar-refractivity contribution in [1.29, 1.82) is 0 Å². The first-order chi connectivity index (χ1) is 5.70. The maximum Gasteiger partial charge on any atom is 0.0719 e. The molecule has 0 N–H and O–H groups in total. The maximum atomic E-state index is 4.46. The van der Waals surface area contributed by atoms with Crippen LogP contribution < -0.4 is 0 Å². The summed E-state index contributed by atoms with van der Waals surface area (Å²) in [5, 5.41) is 0. The van der Waals surface area contributed by atoms with Gasteiger partial charge in [0.25, 0.3) is 0 Å². The lowest BCUT2D eigenvalue weighted by atomic mass is 10.1. The third-order valence-corrected chi connectivity index (χ3v) is 1.73. The highest BCUT2D eigenvalue weighted by atomic mass is 14.8. The Morgan fingerprint density at radius 3 is 2.25 bits per heavy atom. The van der Waals surface area contributed by atoms with E-state index in [1.54, 1.807) is 0 Å². The second kappa shape index (κ2) is 4.05. The fourth-order valence-corrected chi connectivity index (χ4v) is 1.19. The Labute approximate surface area is 74.2 Å². The zero-order valence-electron chi connectivity index (χ0n) is 7.91. The van der Waals surface area contributed by atoms with Crippen molar-refractivity contribution in [1.82, 2.24) is 0 Å². The second-order valence-corrected chi connectivity index (χ2v) is 3.16. The van der Waals surface area contributed by atoms with E-state index < -0.39 is 0 Å². The Morgan fingerprint density at radius 1 is 1.17 bits per heavy atom. The first-order valence-corrected chi connectivity index (χ1v) is 4.26. The van der Waals surface area contributed by atoms with Gasteiger partial charge in [0.05, 0.1) is 6.04 Å². The molecule has 0 radical (unpaired) electrons. The van der Waals surface area contributed by atoms with E-state index in [2.05, 4.69) is 24.0 Å². The van der Waals surface area contributed by atoms with Gasteiger partial charge in [-0.05, 0) is 26.3 Å². The van der Waals surface area contributed by atoms with Crippen LogP contribution in [0.4, 0.5) is 0 Å². The number of hydrogen-bond donors (Lipinski definition) is 0. The van der Waals surface area contributed by atoms with E-state index in [1.165, 1.54) is 5.56 Å². The summed E-state index contributed by atoms with van der Waals surface area (Å²) in [7, 11) is 0. The minimum atomic E-state index is 0.288. The van der Waals surface area contributed by atoms with Crippen LogP contribution >= 0.6 is 0 Å². The van der Waals surface area contributed by atoms with Crippen LogP contribution in [-0.4, -0.2) is 5.71 Å². The standard InChI is InChI=1S/C11H15N/c1-9(2)12-10(3)11-7-5-4-6-8-11/h4-8,10H,1-3H3/t10-/m1/s1. The highest BCUT2D eigenvalue weighted by Gasteiger charge is 2.00. The first-order valence-electron chi connectivity index (χ1n) is 4.26. The number of benzene rings is 1. The number of aliphatic imine (C=N–C) groups is 1. The normalized spacial score (nSPS) is 12.2. The Balaban J connectivity index is 2.79. The van der Waals surface area contributed by atoms with Gasteiger partial charge in [-0.1, -0.05) is 30.3 Å². The topological polar surface area (TPSA) is 12.4 Å². The van der Waals surface area contributed by atoms with Gasteiger partial charge < -0.3 is 0 Å². The van der Waals surface area contributed by atoms with E-state index in [0.717, 1.165) is 5.71 Å². The predicted octanol–water partition coefficient (Wildman–Crippen LogP) is 3.23. The number of nitrogens with zero attached hydrogens (tertiary/aromatic N) is 1. The van der Waals surface area contributed by atoms with Gasteiger partial charge in [-0.3, -0.25) is 4.99 Å². The molecule has 0 saturated heterocycles. The monoisotopic (exact) mass is 161 g/mol. The summed E-state index contributed by atoms with van der Waals surface area (Å²) in [6, 6.07) is 10.6. The zero-order valence-corrected chi connectivity index (χ0v) is 7.91. The lowest BCUT2D eigenvalue weighted by molar-refractivity contribution is 0.818. The van der Waals surface area contributed by atoms with Crippen LogP contribution in [0.3, 0.4) is 0 Å². The summed E-state index contributed by atoms with van der Waals surface area (Å²) in [6.45, 7) is 6.17. The SMILES string of the molecule is CC(C)=N[C@H](C)c1ccccc1. The van der Waals surface area contributed by atoms with Crippen LogP contribution in [0, 0.1) is 0 Å². The van der Waals surface area contributed by atoms with Crippen molar-refractivity contribution >= 4 is 5.71 Å². The van der Waals surface area contributed by atoms with E-state index in [4.69, 9.17) is 0 Å². The molecule has 0 bridgehead atoms. The van der Waals surface area contributed by atoms with E-state index in [1.807, 2.05) is 32.0 Å². The Morgan fingerprint density at radius 2 is 1.75 bits per heavy atom. The summed E-state index contributed by atoms with van der Waals surface area (Å²) in [5.74, 6) is 0. The fraction of sp³-hybridized carbons (Fsp3) is 0.364. The molecule has 0 aliphatic carbocycles. The van der Waals surface area contributed by atoms with Crippen molar-refractivity contribution in [2.45, 2.75) is 26.8 Å². The molecule has 1 rings (SSSR count). The average Bonchev–Trinajstić information content (AvgIpc) is 2.05. The molecule has 0 aliphatic rings. The highest BCUT2D eigenvalue weighted by Crippen LogP contribution is 2.15. The lowest BCUT2D eigenvalue weighted by Crippen LogP contribution is -1.92. The fourth-order valence-electron chi connectivity index (χ4n) is 1.19. The van der Waals surface area contributed by atoms with Gasteiger partial charge in [0.15, 0.2) is 0 Å². The number of rotatable bonds is 2. The molecule has 0 saturated carbocycles. The van der Waals surface area contributed by atoms with Crippen LogP contribution in [0.2, 0.25) is 0 Å². The van der Waals surface area contributed by atoms with Gasteiger partial charge in [0, 0.05) is 5.71 Å². The van der Waals surface area contributed by atoms with Crippen molar-refractivity contribution in [2.24, 2.45) is 4.99 Å². The molecule has 12 heavy (non-hydrogen) atoms. The molecule has 1 heteroatoms. The summed E-state index contributed by atoms with van der Waals surface area (Å²) in [6.07, 6.45) is 0. The largest absolute Gasteiger partial charge is 0.287 e. The Bertz CT molecular complexity index is 258. The van der Waals surface area contributed by atoms with Gasteiger partial charge in [0.2, 0.25) is 0 Å². The van der Waals surface area contributed by atoms with Gasteiger partial charge in [-0.15, -0.1) is 0 Å². The Hall–Kier alpha value is -1.11. The molecule has 0 aromatic heterocycles. The minimum absolute atomic E-state index is 0.288. The summed E-state index contributed by atoms with van der Waals surface area (Å²) in [4.78, 5) is 4.46. The molecular formula is C11H15N. The third-order valence-electron chi connectivity index (χ3n) is 1.73. The molecule has 1 nitrogen and oxygen atoms in total. The number of hydrogen-bond acceptors (Lipinski definition) is 1. The van der Waals surface area contributed by atoms with Crippen LogP contribution in [0.5, 0.6) is 0 Å². The van der Waals surface area contributed by atoms with Gasteiger partial charge in [-0.25, -0.2) is 0 Å². The van der Waals surface area contributed by atoms with Gasteiger partial charge in [-0.2, -0.15) is 0 Å². The van der Waals surface area contributed by atoms with Crippen molar-refractivity contribution in [3.63, 3.8) is 0 Å². The molecule has 0 unspecified atom stereocenters.